The smallest absolute Gasteiger partial charge is 0.253 e. The maximum Gasteiger partial charge on any atom is 0.253 e. The van der Waals surface area contributed by atoms with Crippen LogP contribution < -0.4 is 0 Å². The normalized spacial score (nSPS) is 25.2. The van der Waals surface area contributed by atoms with E-state index in [2.05, 4.69) is 19.1 Å². The van der Waals surface area contributed by atoms with Gasteiger partial charge in [-0.1, -0.05) is 36.4 Å². The third-order valence-electron chi connectivity index (χ3n) is 5.69. The third-order valence-corrected chi connectivity index (χ3v) is 5.69. The fourth-order valence-corrected chi connectivity index (χ4v) is 4.11. The van der Waals surface area contributed by atoms with Crippen LogP contribution in [0.4, 0.5) is 0 Å². The fourth-order valence-electron chi connectivity index (χ4n) is 4.11. The van der Waals surface area contributed by atoms with Gasteiger partial charge in [0.1, 0.15) is 0 Å². The van der Waals surface area contributed by atoms with E-state index in [1.54, 1.807) is 0 Å². The van der Waals surface area contributed by atoms with Crippen LogP contribution >= 0.6 is 0 Å². The molecule has 0 radical (unpaired) electrons. The van der Waals surface area contributed by atoms with Crippen LogP contribution in [0.2, 0.25) is 0 Å². The monoisotopic (exact) mass is 337 g/mol. The molecule has 2 fully saturated rings. The minimum Gasteiger partial charge on any atom is -0.396 e. The molecule has 2 saturated heterocycles. The van der Waals surface area contributed by atoms with Crippen molar-refractivity contribution in [2.75, 3.05) is 32.9 Å². The number of aryl methyl sites for hydroxylation is 1. The first-order valence-corrected chi connectivity index (χ1v) is 8.77. The van der Waals surface area contributed by atoms with Crippen molar-refractivity contribution in [3.8, 4) is 11.1 Å². The molecule has 2 aromatic carbocycles. The van der Waals surface area contributed by atoms with E-state index >= 15 is 0 Å². The van der Waals surface area contributed by atoms with Gasteiger partial charge in [0, 0.05) is 30.0 Å². The number of carbonyl (C=O) groups is 1. The van der Waals surface area contributed by atoms with E-state index in [1.807, 2.05) is 41.3 Å². The molecule has 25 heavy (non-hydrogen) atoms. The van der Waals surface area contributed by atoms with Crippen molar-refractivity contribution >= 4 is 5.91 Å². The summed E-state index contributed by atoms with van der Waals surface area (Å²) < 4.78 is 5.53. The van der Waals surface area contributed by atoms with Gasteiger partial charge in [0.25, 0.3) is 5.91 Å². The van der Waals surface area contributed by atoms with E-state index in [1.165, 1.54) is 5.56 Å². The molecule has 0 bridgehead atoms. The Kier molecular flexibility index (Phi) is 4.10. The zero-order chi connectivity index (χ0) is 17.4. The molecule has 0 aliphatic carbocycles. The second-order valence-electron chi connectivity index (χ2n) is 7.31. The van der Waals surface area contributed by atoms with Crippen LogP contribution in [0, 0.1) is 18.3 Å². The number of nitrogens with zero attached hydrogens (tertiary/aromatic N) is 1. The van der Waals surface area contributed by atoms with Gasteiger partial charge < -0.3 is 14.7 Å². The van der Waals surface area contributed by atoms with E-state index in [-0.39, 0.29) is 23.8 Å². The van der Waals surface area contributed by atoms with Crippen LogP contribution in [0.5, 0.6) is 0 Å². The SMILES string of the molecule is Cc1ccccc1-c1cccc(C(=O)N2C[C@H]3COC[C@@]3(CO)C2)c1. The predicted molar refractivity (Wildman–Crippen MR) is 96.3 cm³/mol. The second-order valence-corrected chi connectivity index (χ2v) is 7.31. The van der Waals surface area contributed by atoms with Crippen molar-refractivity contribution < 1.29 is 14.6 Å². The summed E-state index contributed by atoms with van der Waals surface area (Å²) in [5.74, 6) is 0.277. The van der Waals surface area contributed by atoms with Crippen LogP contribution in [0.1, 0.15) is 15.9 Å². The van der Waals surface area contributed by atoms with Crippen molar-refractivity contribution in [3.05, 3.63) is 59.7 Å². The first-order chi connectivity index (χ1) is 12.1. The molecule has 2 atom stereocenters. The molecule has 1 amide bonds. The van der Waals surface area contributed by atoms with Gasteiger partial charge in [0.05, 0.1) is 19.8 Å². The highest BCUT2D eigenvalue weighted by atomic mass is 16.5. The molecule has 2 heterocycles. The van der Waals surface area contributed by atoms with Gasteiger partial charge in [-0.2, -0.15) is 0 Å². The minimum atomic E-state index is -0.275. The van der Waals surface area contributed by atoms with Gasteiger partial charge in [-0.25, -0.2) is 0 Å². The van der Waals surface area contributed by atoms with Crippen molar-refractivity contribution in [2.45, 2.75) is 6.92 Å². The minimum absolute atomic E-state index is 0.0395. The highest BCUT2D eigenvalue weighted by molar-refractivity contribution is 5.95. The third kappa shape index (κ3) is 2.75. The molecule has 4 rings (SSSR count). The summed E-state index contributed by atoms with van der Waals surface area (Å²) in [4.78, 5) is 14.9. The number of hydrogen-bond acceptors (Lipinski definition) is 3. The highest BCUT2D eigenvalue weighted by Gasteiger charge is 2.51. The molecule has 2 aromatic rings. The Bertz CT molecular complexity index is 803. The number of aliphatic hydroxyl groups excluding tert-OH is 1. The van der Waals surface area contributed by atoms with Crippen LogP contribution in [-0.2, 0) is 4.74 Å². The average molecular weight is 337 g/mol. The van der Waals surface area contributed by atoms with Crippen LogP contribution in [-0.4, -0.2) is 48.8 Å². The van der Waals surface area contributed by atoms with Gasteiger partial charge in [-0.05, 0) is 35.7 Å². The Labute approximate surface area is 148 Å². The fraction of sp³-hybridized carbons (Fsp3) is 0.381. The lowest BCUT2D eigenvalue weighted by Crippen LogP contribution is -2.36. The molecular weight excluding hydrogens is 314 g/mol. The summed E-state index contributed by atoms with van der Waals surface area (Å²) in [5.41, 5.74) is 3.83. The number of hydrogen-bond donors (Lipinski definition) is 1. The summed E-state index contributed by atoms with van der Waals surface area (Å²) >= 11 is 0. The number of fused-ring (bicyclic) bond motifs is 1. The molecule has 0 unspecified atom stereocenters. The van der Waals surface area contributed by atoms with Crippen molar-refractivity contribution in [2.24, 2.45) is 11.3 Å². The number of aliphatic hydroxyl groups is 1. The largest absolute Gasteiger partial charge is 0.396 e. The zero-order valence-electron chi connectivity index (χ0n) is 14.4. The summed E-state index contributed by atoms with van der Waals surface area (Å²) in [5, 5.41) is 9.80. The molecule has 2 aliphatic heterocycles. The van der Waals surface area contributed by atoms with E-state index in [0.29, 0.717) is 31.9 Å². The van der Waals surface area contributed by atoms with Crippen molar-refractivity contribution in [1.82, 2.24) is 4.90 Å². The number of rotatable bonds is 3. The molecule has 2 aliphatic rings. The lowest BCUT2D eigenvalue weighted by Gasteiger charge is -2.24. The Morgan fingerprint density at radius 2 is 2.12 bits per heavy atom. The lowest BCUT2D eigenvalue weighted by atomic mass is 9.82. The number of carbonyl (C=O) groups excluding carboxylic acids is 1. The molecule has 4 heteroatoms. The van der Waals surface area contributed by atoms with Gasteiger partial charge >= 0.3 is 0 Å². The molecule has 0 aromatic heterocycles. The van der Waals surface area contributed by atoms with Crippen LogP contribution in [0.3, 0.4) is 0 Å². The molecule has 130 valence electrons. The lowest BCUT2D eigenvalue weighted by molar-refractivity contribution is 0.0631. The molecule has 4 nitrogen and oxygen atoms in total. The van der Waals surface area contributed by atoms with E-state index < -0.39 is 0 Å². The Balaban J connectivity index is 1.60. The number of likely N-dealkylation sites (tertiary alicyclic amines) is 1. The standard InChI is InChI=1S/C21H23NO3/c1-15-5-2-3-8-19(15)16-6-4-7-17(9-16)20(24)22-10-18-11-25-14-21(18,12-22)13-23/h2-9,18,23H,10-14H2,1H3/t18-,21-/m0/s1. The van der Waals surface area contributed by atoms with Gasteiger partial charge in [-0.15, -0.1) is 0 Å². The van der Waals surface area contributed by atoms with E-state index in [4.69, 9.17) is 4.74 Å². The zero-order valence-corrected chi connectivity index (χ0v) is 14.4. The maximum atomic E-state index is 13.0. The highest BCUT2D eigenvalue weighted by Crippen LogP contribution is 2.41. The van der Waals surface area contributed by atoms with Crippen LogP contribution in [0.15, 0.2) is 48.5 Å². The molecule has 1 N–H and O–H groups in total. The Morgan fingerprint density at radius 1 is 1.28 bits per heavy atom. The van der Waals surface area contributed by atoms with E-state index in [9.17, 15) is 9.90 Å². The molecular formula is C21H23NO3. The second kappa shape index (κ2) is 6.28. The number of benzene rings is 2. The van der Waals surface area contributed by atoms with Crippen LogP contribution in [0.25, 0.3) is 11.1 Å². The topological polar surface area (TPSA) is 49.8 Å². The summed E-state index contributed by atoms with van der Waals surface area (Å²) in [6, 6.07) is 16.0. The van der Waals surface area contributed by atoms with Gasteiger partial charge in [0.15, 0.2) is 0 Å². The van der Waals surface area contributed by atoms with Crippen molar-refractivity contribution in [3.63, 3.8) is 0 Å². The Morgan fingerprint density at radius 3 is 2.88 bits per heavy atom. The number of ether oxygens (including phenoxy) is 1. The first-order valence-electron chi connectivity index (χ1n) is 8.77. The predicted octanol–water partition coefficient (Wildman–Crippen LogP) is 2.74. The Hall–Kier alpha value is -2.17. The maximum absolute atomic E-state index is 13.0. The molecule has 0 saturated carbocycles. The summed E-state index contributed by atoms with van der Waals surface area (Å²) in [6.45, 7) is 4.56. The first kappa shape index (κ1) is 16.3. The van der Waals surface area contributed by atoms with E-state index in [0.717, 1.165) is 11.1 Å². The molecule has 0 spiro atoms. The van der Waals surface area contributed by atoms with Gasteiger partial charge in [-0.3, -0.25) is 4.79 Å². The summed E-state index contributed by atoms with van der Waals surface area (Å²) in [7, 11) is 0. The van der Waals surface area contributed by atoms with Gasteiger partial charge in [0.2, 0.25) is 0 Å². The average Bonchev–Trinajstić information content (AvgIpc) is 3.19. The summed E-state index contributed by atoms with van der Waals surface area (Å²) in [6.07, 6.45) is 0. The quantitative estimate of drug-likeness (QED) is 0.937. The number of amides is 1. The van der Waals surface area contributed by atoms with Crippen molar-refractivity contribution in [1.29, 1.82) is 0 Å².